The minimum Gasteiger partial charge on any atom is -0.462 e. The molecule has 0 aliphatic rings. The largest absolute Gasteiger partial charge is 0.462 e. The Morgan fingerprint density at radius 3 is 0.621 bits per heavy atom. The first-order valence-corrected chi connectivity index (χ1v) is 52.1. The number of carbonyl (C=O) groups is 5. The lowest BCUT2D eigenvalue weighted by molar-refractivity contribution is -0.163. The van der Waals surface area contributed by atoms with Gasteiger partial charge in [0.2, 0.25) is 0 Å². The topological polar surface area (TPSA) is 161 Å². The quantitative estimate of drug-likeness (QED) is 0.0349. The summed E-state index contributed by atoms with van der Waals surface area (Å²) in [6.45, 7) is 15.4. The Morgan fingerprint density at radius 2 is 0.431 bits per heavy atom. The van der Waals surface area contributed by atoms with Crippen LogP contribution >= 0.6 is 0 Å². The van der Waals surface area contributed by atoms with Gasteiger partial charge < -0.3 is 29.4 Å². The summed E-state index contributed by atoms with van der Waals surface area (Å²) >= 11 is 0. The van der Waals surface area contributed by atoms with Crippen molar-refractivity contribution in [3.63, 3.8) is 0 Å². The minimum absolute atomic E-state index is 0.0960. The van der Waals surface area contributed by atoms with Crippen molar-refractivity contribution in [1.29, 1.82) is 0 Å². The number of ether oxygens (including phenoxy) is 5. The number of hydrogen-bond donors (Lipinski definition) is 1. The van der Waals surface area contributed by atoms with Gasteiger partial charge in [-0.2, -0.15) is 0 Å². The summed E-state index contributed by atoms with van der Waals surface area (Å²) in [5.41, 5.74) is 5.76. The van der Waals surface area contributed by atoms with Crippen LogP contribution in [-0.4, -0.2) is 91.4 Å². The van der Waals surface area contributed by atoms with E-state index >= 15 is 0 Å². The standard InChI is InChI=1S/C104H202N2O10/c1-8-12-16-20-24-28-32-36-40-44-48-52-56-60-64-68-72-76-80-87-99(107)112-94-96(114-101(109)89-82-78-74-70-66-62-58-54-50-46-42-38-34-30-26-22-18-14-10-3)92-106(91-85-84-86-98(105)103(111)116-104(5,6)7)93-97(115-102(110)90-83-79-75-71-67-63-59-55-51-47-43-39-35-31-27-23-19-15-11-4)95-113-100(108)88-81-77-73-69-65-61-57-53-49-45-41-37-33-29-25-21-17-13-9-2/h96-98H,8-95,105H2,1-7H3. The van der Waals surface area contributed by atoms with E-state index in [1.807, 2.05) is 20.8 Å². The minimum atomic E-state index is -0.793. The number of rotatable bonds is 96. The number of unbranched alkanes of at least 4 members (excludes halogenated alkanes) is 73. The van der Waals surface area contributed by atoms with Gasteiger partial charge in [-0.05, 0) is 65.8 Å². The third-order valence-electron chi connectivity index (χ3n) is 24.3. The van der Waals surface area contributed by atoms with Crippen LogP contribution < -0.4 is 5.73 Å². The monoisotopic (exact) mass is 1640 g/mol. The number of nitrogens with two attached hydrogens (primary N) is 1. The predicted molar refractivity (Wildman–Crippen MR) is 498 cm³/mol. The summed E-state index contributed by atoms with van der Waals surface area (Å²) < 4.78 is 30.4. The molecule has 0 radical (unpaired) electrons. The molecule has 0 aromatic carbocycles. The predicted octanol–water partition coefficient (Wildman–Crippen LogP) is 32.3. The van der Waals surface area contributed by atoms with E-state index in [4.69, 9.17) is 29.4 Å². The van der Waals surface area contributed by atoms with Crippen LogP contribution in [0.4, 0.5) is 0 Å². The van der Waals surface area contributed by atoms with Crippen LogP contribution in [0.3, 0.4) is 0 Å². The zero-order valence-corrected chi connectivity index (χ0v) is 79.1. The molecule has 2 N–H and O–H groups in total. The molecule has 0 amide bonds. The van der Waals surface area contributed by atoms with E-state index in [1.54, 1.807) is 0 Å². The lowest BCUT2D eigenvalue weighted by atomic mass is 10.0. The van der Waals surface area contributed by atoms with Crippen molar-refractivity contribution in [2.45, 2.75) is 605 Å². The van der Waals surface area contributed by atoms with Gasteiger partial charge in [0.25, 0.3) is 0 Å². The fourth-order valence-corrected chi connectivity index (χ4v) is 16.7. The van der Waals surface area contributed by atoms with Gasteiger partial charge in [0, 0.05) is 38.8 Å². The maximum Gasteiger partial charge on any atom is 0.323 e. The Balaban J connectivity index is 6.09. The average Bonchev–Trinajstić information content (AvgIpc) is 0.896. The molecule has 0 saturated carbocycles. The summed E-state index contributed by atoms with van der Waals surface area (Å²) in [5.74, 6) is -1.65. The van der Waals surface area contributed by atoms with E-state index in [-0.39, 0.29) is 63.0 Å². The van der Waals surface area contributed by atoms with Crippen molar-refractivity contribution in [2.75, 3.05) is 32.8 Å². The number of carbonyl (C=O) groups excluding carboxylic acids is 5. The van der Waals surface area contributed by atoms with E-state index in [0.29, 0.717) is 38.6 Å². The van der Waals surface area contributed by atoms with Gasteiger partial charge in [-0.25, -0.2) is 0 Å². The van der Waals surface area contributed by atoms with Crippen molar-refractivity contribution in [1.82, 2.24) is 4.90 Å². The molecule has 0 aromatic rings. The molecule has 12 nitrogen and oxygen atoms in total. The maximum atomic E-state index is 14.0. The molecule has 0 fully saturated rings. The highest BCUT2D eigenvalue weighted by Gasteiger charge is 2.27. The van der Waals surface area contributed by atoms with Crippen LogP contribution in [-0.2, 0) is 47.7 Å². The van der Waals surface area contributed by atoms with Gasteiger partial charge in [0.05, 0.1) is 0 Å². The summed E-state index contributed by atoms with van der Waals surface area (Å²) in [6, 6.07) is -0.792. The van der Waals surface area contributed by atoms with Crippen molar-refractivity contribution < 1.29 is 47.7 Å². The lowest BCUT2D eigenvalue weighted by Crippen LogP contribution is -2.44. The molecule has 688 valence electrons. The first-order valence-electron chi connectivity index (χ1n) is 52.1. The van der Waals surface area contributed by atoms with E-state index in [2.05, 4.69) is 32.6 Å². The molecule has 0 saturated heterocycles. The summed E-state index contributed by atoms with van der Waals surface area (Å²) in [6.07, 6.45) is 98.7. The molecule has 116 heavy (non-hydrogen) atoms. The highest BCUT2D eigenvalue weighted by Crippen LogP contribution is 2.23. The molecule has 3 unspecified atom stereocenters. The average molecular weight is 1640 g/mol. The Labute approximate surface area is 722 Å². The van der Waals surface area contributed by atoms with Gasteiger partial charge in [0.1, 0.15) is 37.1 Å². The molecule has 0 aliphatic carbocycles. The molecule has 0 rings (SSSR count). The number of nitrogens with zero attached hydrogens (tertiary/aromatic N) is 1. The van der Waals surface area contributed by atoms with Crippen LogP contribution in [0.5, 0.6) is 0 Å². The molecule has 0 heterocycles. The number of esters is 5. The number of hydrogen-bond acceptors (Lipinski definition) is 12. The first kappa shape index (κ1) is 113. The van der Waals surface area contributed by atoms with Crippen LogP contribution in [0.25, 0.3) is 0 Å². The summed E-state index contributed by atoms with van der Waals surface area (Å²) in [4.78, 5) is 70.3. The van der Waals surface area contributed by atoms with Gasteiger partial charge in [-0.1, -0.05) is 496 Å². The molecular formula is C104H202N2O10. The van der Waals surface area contributed by atoms with E-state index < -0.39 is 29.8 Å². The molecule has 12 heteroatoms. The van der Waals surface area contributed by atoms with E-state index in [1.165, 1.54) is 411 Å². The highest BCUT2D eigenvalue weighted by molar-refractivity contribution is 5.75. The summed E-state index contributed by atoms with van der Waals surface area (Å²) in [7, 11) is 0. The Morgan fingerprint density at radius 1 is 0.250 bits per heavy atom. The highest BCUT2D eigenvalue weighted by atomic mass is 16.6. The molecule has 0 bridgehead atoms. The lowest BCUT2D eigenvalue weighted by Gasteiger charge is -2.30. The Bertz CT molecular complexity index is 1930. The Kier molecular flexibility index (Phi) is 89.3. The normalized spacial score (nSPS) is 12.6. The van der Waals surface area contributed by atoms with E-state index in [9.17, 15) is 24.0 Å². The van der Waals surface area contributed by atoms with Gasteiger partial charge in [-0.3, -0.25) is 28.9 Å². The second-order valence-electron chi connectivity index (χ2n) is 37.4. The fraction of sp³-hybridized carbons (Fsp3) is 0.952. The van der Waals surface area contributed by atoms with Crippen LogP contribution in [0.15, 0.2) is 0 Å². The Hall–Kier alpha value is -2.73. The van der Waals surface area contributed by atoms with E-state index in [0.717, 1.165) is 77.0 Å². The van der Waals surface area contributed by atoms with Crippen LogP contribution in [0, 0.1) is 0 Å². The second-order valence-corrected chi connectivity index (χ2v) is 37.4. The molecule has 0 aromatic heterocycles. The zero-order valence-electron chi connectivity index (χ0n) is 79.1. The molecule has 0 spiro atoms. The second kappa shape index (κ2) is 91.5. The summed E-state index contributed by atoms with van der Waals surface area (Å²) in [5, 5.41) is 0. The van der Waals surface area contributed by atoms with Crippen LogP contribution in [0.2, 0.25) is 0 Å². The van der Waals surface area contributed by atoms with Gasteiger partial charge in [-0.15, -0.1) is 0 Å². The smallest absolute Gasteiger partial charge is 0.323 e. The van der Waals surface area contributed by atoms with Crippen LogP contribution in [0.1, 0.15) is 581 Å². The SMILES string of the molecule is CCCCCCCCCCCCCCCCCCCCCC(=O)OCC(CN(CCCCC(N)C(=O)OC(C)(C)C)CC(COC(=O)CCCCCCCCCCCCCCCCCCCCC)OC(=O)CCCCCCCCCCCCCCCCCCCCC)OC(=O)CCCCCCCCCCCCCCCCCCCCC. The molecule has 3 atom stereocenters. The van der Waals surface area contributed by atoms with Crippen molar-refractivity contribution in [3.8, 4) is 0 Å². The zero-order chi connectivity index (χ0) is 84.5. The van der Waals surface area contributed by atoms with Crippen molar-refractivity contribution >= 4 is 29.8 Å². The molecule has 0 aliphatic heterocycles. The fourth-order valence-electron chi connectivity index (χ4n) is 16.7. The third kappa shape index (κ3) is 89.0. The third-order valence-corrected chi connectivity index (χ3v) is 24.3. The van der Waals surface area contributed by atoms with Gasteiger partial charge >= 0.3 is 29.8 Å². The maximum absolute atomic E-state index is 14.0. The van der Waals surface area contributed by atoms with Crippen molar-refractivity contribution in [3.05, 3.63) is 0 Å². The van der Waals surface area contributed by atoms with Crippen molar-refractivity contribution in [2.24, 2.45) is 5.73 Å². The van der Waals surface area contributed by atoms with Gasteiger partial charge in [0.15, 0.2) is 0 Å². The molecular weight excluding hydrogens is 1440 g/mol. The first-order chi connectivity index (χ1) is 56.7.